The van der Waals surface area contributed by atoms with Crippen LogP contribution < -0.4 is 5.32 Å². The smallest absolute Gasteiger partial charge is 0.147 e. The van der Waals surface area contributed by atoms with E-state index in [-0.39, 0.29) is 16.9 Å². The largest absolute Gasteiger partial charge is 0.469 e. The van der Waals surface area contributed by atoms with Gasteiger partial charge >= 0.3 is 0 Å². The number of benzene rings is 1. The average molecular weight is 361 g/mol. The van der Waals surface area contributed by atoms with Gasteiger partial charge < -0.3 is 9.73 Å². The molecule has 1 unspecified atom stereocenters. The summed E-state index contributed by atoms with van der Waals surface area (Å²) in [7, 11) is 0. The highest BCUT2D eigenvalue weighted by Gasteiger charge is 2.18. The van der Waals surface area contributed by atoms with Crippen molar-refractivity contribution in [2.75, 3.05) is 6.54 Å². The molecule has 0 saturated heterocycles. The van der Waals surface area contributed by atoms with Crippen LogP contribution in [0.4, 0.5) is 4.39 Å². The summed E-state index contributed by atoms with van der Waals surface area (Å²) in [5.41, 5.74) is 0.589. The number of hydrogen-bond donors (Lipinski definition) is 1. The minimum Gasteiger partial charge on any atom is -0.469 e. The van der Waals surface area contributed by atoms with Gasteiger partial charge in [-0.25, -0.2) is 4.39 Å². The first-order valence-corrected chi connectivity index (χ1v) is 7.69. The molecule has 108 valence electrons. The molecule has 0 radical (unpaired) electrons. The van der Waals surface area contributed by atoms with E-state index in [1.807, 2.05) is 19.1 Å². The van der Waals surface area contributed by atoms with Gasteiger partial charge in [-0.05, 0) is 47.1 Å². The highest BCUT2D eigenvalue weighted by atomic mass is 79.9. The highest BCUT2D eigenvalue weighted by Crippen LogP contribution is 2.32. The first-order chi connectivity index (χ1) is 9.63. The van der Waals surface area contributed by atoms with E-state index in [9.17, 15) is 4.39 Å². The van der Waals surface area contributed by atoms with Gasteiger partial charge in [0.15, 0.2) is 0 Å². The normalized spacial score (nSPS) is 12.6. The van der Waals surface area contributed by atoms with Gasteiger partial charge in [-0.3, -0.25) is 0 Å². The molecule has 0 aliphatic carbocycles. The zero-order valence-corrected chi connectivity index (χ0v) is 13.5. The maximum Gasteiger partial charge on any atom is 0.147 e. The van der Waals surface area contributed by atoms with E-state index in [1.165, 1.54) is 0 Å². The molecule has 2 nitrogen and oxygen atoms in total. The van der Waals surface area contributed by atoms with Crippen molar-refractivity contribution in [1.29, 1.82) is 0 Å². The van der Waals surface area contributed by atoms with Gasteiger partial charge in [0.2, 0.25) is 0 Å². The van der Waals surface area contributed by atoms with Gasteiger partial charge in [0.05, 0.1) is 11.3 Å². The predicted molar refractivity (Wildman–Crippen MR) is 82.6 cm³/mol. The van der Waals surface area contributed by atoms with Crippen molar-refractivity contribution in [2.24, 2.45) is 0 Å². The van der Waals surface area contributed by atoms with Crippen LogP contribution in [0.25, 0.3) is 0 Å². The maximum atomic E-state index is 14.3. The quantitative estimate of drug-likeness (QED) is 0.723. The standard InChI is InChI=1S/C15H16BrClFNO/c1-2-19-13(8-5-10-4-3-9-20-10)11-6-7-12(16)14(17)15(11)18/h3-4,6-7,9,13,19H,2,5,8H2,1H3. The molecule has 2 rings (SSSR count). The van der Waals surface area contributed by atoms with E-state index in [2.05, 4.69) is 21.2 Å². The average Bonchev–Trinajstić information content (AvgIpc) is 2.95. The first-order valence-electron chi connectivity index (χ1n) is 6.52. The monoisotopic (exact) mass is 359 g/mol. The van der Waals surface area contributed by atoms with Crippen LogP contribution in [0.15, 0.2) is 39.4 Å². The lowest BCUT2D eigenvalue weighted by atomic mass is 10.0. The van der Waals surface area contributed by atoms with Crippen LogP contribution in [0.2, 0.25) is 5.02 Å². The third-order valence-corrected chi connectivity index (χ3v) is 4.41. The van der Waals surface area contributed by atoms with Crippen LogP contribution in [0.5, 0.6) is 0 Å². The fraction of sp³-hybridized carbons (Fsp3) is 0.333. The van der Waals surface area contributed by atoms with Gasteiger partial charge in [-0.15, -0.1) is 0 Å². The Labute approximate surface area is 131 Å². The molecule has 20 heavy (non-hydrogen) atoms. The molecule has 0 amide bonds. The number of furan rings is 1. The molecule has 1 aromatic heterocycles. The number of rotatable bonds is 6. The molecular formula is C15H16BrClFNO. The minimum absolute atomic E-state index is 0.0873. The molecule has 5 heteroatoms. The van der Waals surface area contributed by atoms with Crippen LogP contribution in [-0.2, 0) is 6.42 Å². The lowest BCUT2D eigenvalue weighted by Crippen LogP contribution is -2.22. The summed E-state index contributed by atoms with van der Waals surface area (Å²) in [5, 5.41) is 3.42. The fourth-order valence-corrected chi connectivity index (χ4v) is 2.64. The summed E-state index contributed by atoms with van der Waals surface area (Å²) >= 11 is 9.19. The van der Waals surface area contributed by atoms with Gasteiger partial charge in [-0.2, -0.15) is 0 Å². The predicted octanol–water partition coefficient (Wildman–Crippen LogP) is 5.12. The van der Waals surface area contributed by atoms with E-state index in [0.29, 0.717) is 10.0 Å². The topological polar surface area (TPSA) is 25.2 Å². The van der Waals surface area contributed by atoms with E-state index >= 15 is 0 Å². The Morgan fingerprint density at radius 3 is 2.85 bits per heavy atom. The molecule has 2 aromatic rings. The zero-order chi connectivity index (χ0) is 14.5. The Morgan fingerprint density at radius 1 is 1.40 bits per heavy atom. The zero-order valence-electron chi connectivity index (χ0n) is 11.1. The summed E-state index contributed by atoms with van der Waals surface area (Å²) in [4.78, 5) is 0. The number of nitrogens with one attached hydrogen (secondary N) is 1. The van der Waals surface area contributed by atoms with Gasteiger partial charge in [0.25, 0.3) is 0 Å². The van der Waals surface area contributed by atoms with Crippen LogP contribution in [0.1, 0.15) is 30.7 Å². The van der Waals surface area contributed by atoms with Gasteiger partial charge in [0, 0.05) is 22.5 Å². The summed E-state index contributed by atoms with van der Waals surface area (Å²) in [6.45, 7) is 2.76. The minimum atomic E-state index is -0.369. The van der Waals surface area contributed by atoms with Crippen molar-refractivity contribution in [3.05, 3.63) is 57.2 Å². The Hall–Kier alpha value is -0.840. The maximum absolute atomic E-state index is 14.3. The summed E-state index contributed by atoms with van der Waals surface area (Å²) in [6.07, 6.45) is 3.14. The van der Waals surface area contributed by atoms with Crippen LogP contribution >= 0.6 is 27.5 Å². The van der Waals surface area contributed by atoms with E-state index in [4.69, 9.17) is 16.0 Å². The lowest BCUT2D eigenvalue weighted by molar-refractivity contribution is 0.447. The third kappa shape index (κ3) is 3.62. The molecule has 0 aliphatic rings. The van der Waals surface area contributed by atoms with Crippen LogP contribution in [0, 0.1) is 5.82 Å². The number of aryl methyl sites for hydroxylation is 1. The van der Waals surface area contributed by atoms with Crippen molar-refractivity contribution >= 4 is 27.5 Å². The first kappa shape index (κ1) is 15.5. The molecule has 1 N–H and O–H groups in total. The Kier molecular flexibility index (Phi) is 5.64. The molecule has 0 spiro atoms. The summed E-state index contributed by atoms with van der Waals surface area (Å²) < 4.78 is 20.2. The second-order valence-electron chi connectivity index (χ2n) is 4.49. The second kappa shape index (κ2) is 7.25. The van der Waals surface area contributed by atoms with Crippen molar-refractivity contribution in [3.63, 3.8) is 0 Å². The molecular weight excluding hydrogens is 345 g/mol. The Balaban J connectivity index is 2.17. The SMILES string of the molecule is CCNC(CCc1ccco1)c1ccc(Br)c(Cl)c1F. The molecule has 1 aromatic carbocycles. The molecule has 1 atom stereocenters. The summed E-state index contributed by atoms with van der Waals surface area (Å²) in [5.74, 6) is 0.531. The fourth-order valence-electron chi connectivity index (χ4n) is 2.17. The Bertz CT molecular complexity index is 559. The third-order valence-electron chi connectivity index (χ3n) is 3.15. The van der Waals surface area contributed by atoms with E-state index in [0.717, 1.165) is 25.1 Å². The molecule has 0 aliphatic heterocycles. The molecule has 0 fully saturated rings. The molecule has 1 heterocycles. The number of halogens is 3. The Morgan fingerprint density at radius 2 is 2.20 bits per heavy atom. The van der Waals surface area contributed by atoms with Crippen LogP contribution in [0.3, 0.4) is 0 Å². The lowest BCUT2D eigenvalue weighted by Gasteiger charge is -2.19. The second-order valence-corrected chi connectivity index (χ2v) is 5.73. The van der Waals surface area contributed by atoms with Crippen molar-refractivity contribution in [1.82, 2.24) is 5.32 Å². The molecule has 0 saturated carbocycles. The van der Waals surface area contributed by atoms with Crippen LogP contribution in [-0.4, -0.2) is 6.54 Å². The van der Waals surface area contributed by atoms with Crippen molar-refractivity contribution in [3.8, 4) is 0 Å². The van der Waals surface area contributed by atoms with E-state index in [1.54, 1.807) is 18.4 Å². The molecule has 0 bridgehead atoms. The summed E-state index contributed by atoms with van der Waals surface area (Å²) in [6, 6.07) is 7.23. The number of hydrogen-bond acceptors (Lipinski definition) is 2. The highest BCUT2D eigenvalue weighted by molar-refractivity contribution is 9.10. The van der Waals surface area contributed by atoms with Crippen molar-refractivity contribution < 1.29 is 8.81 Å². The van der Waals surface area contributed by atoms with Crippen molar-refractivity contribution in [2.45, 2.75) is 25.8 Å². The van der Waals surface area contributed by atoms with Gasteiger partial charge in [0.1, 0.15) is 11.6 Å². The van der Waals surface area contributed by atoms with E-state index < -0.39 is 0 Å². The van der Waals surface area contributed by atoms with Gasteiger partial charge in [-0.1, -0.05) is 24.6 Å².